The molecule has 3 heteroatoms. The van der Waals surface area contributed by atoms with E-state index in [9.17, 15) is 0 Å². The molecule has 1 N–H and O–H groups in total. The highest BCUT2D eigenvalue weighted by molar-refractivity contribution is 5.31. The molecule has 0 aliphatic heterocycles. The topological polar surface area (TPSA) is 30.5 Å². The molecule has 0 bridgehead atoms. The van der Waals surface area contributed by atoms with Crippen LogP contribution >= 0.6 is 0 Å². The second-order valence-corrected chi connectivity index (χ2v) is 5.34. The zero-order chi connectivity index (χ0) is 15.0. The summed E-state index contributed by atoms with van der Waals surface area (Å²) in [5.41, 5.74) is 1.23. The van der Waals surface area contributed by atoms with Gasteiger partial charge in [0.1, 0.15) is 5.75 Å². The molecular formula is C17H29NO2. The molecule has 114 valence electrons. The first kappa shape index (κ1) is 17.0. The van der Waals surface area contributed by atoms with E-state index in [1.165, 1.54) is 5.56 Å². The largest absolute Gasteiger partial charge is 0.491 e. The highest BCUT2D eigenvalue weighted by atomic mass is 16.5. The summed E-state index contributed by atoms with van der Waals surface area (Å²) in [6.45, 7) is 9.32. The standard InChI is InChI=1S/C17H29NO2/c1-6-9-16(19-5)17(18-7-2)14-10-8-11-15(12-14)20-13(3)4/h8,10-13,16-18H,6-7,9H2,1-5H3. The fourth-order valence-electron chi connectivity index (χ4n) is 2.44. The summed E-state index contributed by atoms with van der Waals surface area (Å²) in [4.78, 5) is 0. The Morgan fingerprint density at radius 2 is 1.95 bits per heavy atom. The number of ether oxygens (including phenoxy) is 2. The molecule has 2 atom stereocenters. The van der Waals surface area contributed by atoms with Gasteiger partial charge in [0.05, 0.1) is 18.2 Å². The van der Waals surface area contributed by atoms with Gasteiger partial charge in [-0.15, -0.1) is 0 Å². The third-order valence-electron chi connectivity index (χ3n) is 3.26. The second-order valence-electron chi connectivity index (χ2n) is 5.34. The van der Waals surface area contributed by atoms with Crippen LogP contribution in [0.2, 0.25) is 0 Å². The van der Waals surface area contributed by atoms with Gasteiger partial charge in [-0.05, 0) is 44.5 Å². The Kier molecular flexibility index (Phi) is 7.63. The van der Waals surface area contributed by atoms with Crippen LogP contribution < -0.4 is 10.1 Å². The average molecular weight is 279 g/mol. The quantitative estimate of drug-likeness (QED) is 0.742. The van der Waals surface area contributed by atoms with Gasteiger partial charge in [-0.3, -0.25) is 0 Å². The van der Waals surface area contributed by atoms with E-state index < -0.39 is 0 Å². The maximum atomic E-state index is 5.79. The third-order valence-corrected chi connectivity index (χ3v) is 3.26. The first-order chi connectivity index (χ1) is 9.62. The first-order valence-electron chi connectivity index (χ1n) is 7.65. The van der Waals surface area contributed by atoms with E-state index in [-0.39, 0.29) is 18.2 Å². The minimum absolute atomic E-state index is 0.189. The van der Waals surface area contributed by atoms with Crippen molar-refractivity contribution in [3.8, 4) is 5.75 Å². The number of nitrogens with one attached hydrogen (secondary N) is 1. The van der Waals surface area contributed by atoms with Gasteiger partial charge >= 0.3 is 0 Å². The van der Waals surface area contributed by atoms with E-state index in [1.807, 2.05) is 19.9 Å². The third kappa shape index (κ3) is 5.14. The number of hydrogen-bond acceptors (Lipinski definition) is 3. The van der Waals surface area contributed by atoms with Gasteiger partial charge in [-0.2, -0.15) is 0 Å². The lowest BCUT2D eigenvalue weighted by Crippen LogP contribution is -2.33. The predicted octanol–water partition coefficient (Wildman–Crippen LogP) is 3.94. The van der Waals surface area contributed by atoms with Gasteiger partial charge in [0.15, 0.2) is 0 Å². The van der Waals surface area contributed by atoms with Gasteiger partial charge in [0.2, 0.25) is 0 Å². The van der Waals surface area contributed by atoms with Gasteiger partial charge in [0.25, 0.3) is 0 Å². The van der Waals surface area contributed by atoms with E-state index in [4.69, 9.17) is 9.47 Å². The molecular weight excluding hydrogens is 250 g/mol. The number of methoxy groups -OCH3 is 1. The Morgan fingerprint density at radius 1 is 1.20 bits per heavy atom. The molecule has 3 nitrogen and oxygen atoms in total. The smallest absolute Gasteiger partial charge is 0.120 e. The lowest BCUT2D eigenvalue weighted by Gasteiger charge is -2.27. The molecule has 0 amide bonds. The van der Waals surface area contributed by atoms with Crippen molar-refractivity contribution < 1.29 is 9.47 Å². The van der Waals surface area contributed by atoms with Crippen LogP contribution in [-0.2, 0) is 4.74 Å². The van der Waals surface area contributed by atoms with Crippen LogP contribution in [0.15, 0.2) is 24.3 Å². The van der Waals surface area contributed by atoms with Crippen molar-refractivity contribution in [1.82, 2.24) is 5.32 Å². The Bertz CT molecular complexity index is 379. The molecule has 2 unspecified atom stereocenters. The molecule has 0 aliphatic rings. The molecule has 20 heavy (non-hydrogen) atoms. The molecule has 0 saturated carbocycles. The summed E-state index contributed by atoms with van der Waals surface area (Å²) < 4.78 is 11.5. The van der Waals surface area contributed by atoms with Gasteiger partial charge < -0.3 is 14.8 Å². The summed E-state index contributed by atoms with van der Waals surface area (Å²) in [5, 5.41) is 3.53. The molecule has 0 aromatic heterocycles. The lowest BCUT2D eigenvalue weighted by molar-refractivity contribution is 0.0610. The van der Waals surface area contributed by atoms with Crippen LogP contribution in [0.25, 0.3) is 0 Å². The van der Waals surface area contributed by atoms with Crippen LogP contribution in [0.3, 0.4) is 0 Å². The van der Waals surface area contributed by atoms with Crippen molar-refractivity contribution in [2.75, 3.05) is 13.7 Å². The number of rotatable bonds is 9. The zero-order valence-electron chi connectivity index (χ0n) is 13.5. The average Bonchev–Trinajstić information content (AvgIpc) is 2.42. The fraction of sp³-hybridized carbons (Fsp3) is 0.647. The molecule has 0 saturated heterocycles. The summed E-state index contributed by atoms with van der Waals surface area (Å²) in [6, 6.07) is 8.53. The highest BCUT2D eigenvalue weighted by Crippen LogP contribution is 2.26. The van der Waals surface area contributed by atoms with E-state index >= 15 is 0 Å². The summed E-state index contributed by atoms with van der Waals surface area (Å²) in [5.74, 6) is 0.923. The monoisotopic (exact) mass is 279 g/mol. The zero-order valence-corrected chi connectivity index (χ0v) is 13.5. The first-order valence-corrected chi connectivity index (χ1v) is 7.65. The van der Waals surface area contributed by atoms with E-state index in [0.29, 0.717) is 0 Å². The van der Waals surface area contributed by atoms with Gasteiger partial charge in [-0.25, -0.2) is 0 Å². The fourth-order valence-corrected chi connectivity index (χ4v) is 2.44. The maximum Gasteiger partial charge on any atom is 0.120 e. The number of likely N-dealkylation sites (N-methyl/N-ethyl adjacent to an activating group) is 1. The molecule has 1 rings (SSSR count). The maximum absolute atomic E-state index is 5.79. The summed E-state index contributed by atoms with van der Waals surface area (Å²) >= 11 is 0. The van der Waals surface area contributed by atoms with Crippen molar-refractivity contribution in [1.29, 1.82) is 0 Å². The Balaban J connectivity index is 2.95. The lowest BCUT2D eigenvalue weighted by atomic mass is 9.97. The summed E-state index contributed by atoms with van der Waals surface area (Å²) in [7, 11) is 1.79. The predicted molar refractivity (Wildman–Crippen MR) is 84.3 cm³/mol. The summed E-state index contributed by atoms with van der Waals surface area (Å²) in [6.07, 6.45) is 2.54. The van der Waals surface area contributed by atoms with Crippen molar-refractivity contribution >= 4 is 0 Å². The molecule has 0 radical (unpaired) electrons. The minimum atomic E-state index is 0.189. The Labute approximate surface area is 123 Å². The molecule has 0 aliphatic carbocycles. The van der Waals surface area contributed by atoms with E-state index in [1.54, 1.807) is 7.11 Å². The SMILES string of the molecule is CCCC(OC)C(NCC)c1cccc(OC(C)C)c1. The van der Waals surface area contributed by atoms with Crippen molar-refractivity contribution in [2.45, 2.75) is 58.8 Å². The van der Waals surface area contributed by atoms with Crippen LogP contribution in [0.5, 0.6) is 5.75 Å². The van der Waals surface area contributed by atoms with Crippen molar-refractivity contribution in [3.63, 3.8) is 0 Å². The van der Waals surface area contributed by atoms with Crippen LogP contribution in [-0.4, -0.2) is 25.9 Å². The molecule has 0 heterocycles. The normalized spacial score (nSPS) is 14.3. The van der Waals surface area contributed by atoms with Gasteiger partial charge in [-0.1, -0.05) is 32.4 Å². The van der Waals surface area contributed by atoms with Crippen molar-refractivity contribution in [2.24, 2.45) is 0 Å². The molecule has 1 aromatic carbocycles. The van der Waals surface area contributed by atoms with Crippen LogP contribution in [0, 0.1) is 0 Å². The highest BCUT2D eigenvalue weighted by Gasteiger charge is 2.21. The number of benzene rings is 1. The molecule has 0 fully saturated rings. The Morgan fingerprint density at radius 3 is 2.50 bits per heavy atom. The minimum Gasteiger partial charge on any atom is -0.491 e. The number of hydrogen-bond donors (Lipinski definition) is 1. The van der Waals surface area contributed by atoms with Crippen molar-refractivity contribution in [3.05, 3.63) is 29.8 Å². The van der Waals surface area contributed by atoms with E-state index in [2.05, 4.69) is 37.4 Å². The van der Waals surface area contributed by atoms with Crippen LogP contribution in [0.1, 0.15) is 52.1 Å². The van der Waals surface area contributed by atoms with Gasteiger partial charge in [0, 0.05) is 7.11 Å². The van der Waals surface area contributed by atoms with Crippen LogP contribution in [0.4, 0.5) is 0 Å². The molecule has 0 spiro atoms. The molecule has 1 aromatic rings. The Hall–Kier alpha value is -1.06. The van der Waals surface area contributed by atoms with E-state index in [0.717, 1.165) is 25.1 Å². The second kappa shape index (κ2) is 8.98.